The maximum atomic E-state index is 12.9. The van der Waals surface area contributed by atoms with Crippen LogP contribution in [0.5, 0.6) is 0 Å². The first-order valence-corrected chi connectivity index (χ1v) is 31.7. The Kier molecular flexibility index (Phi) is 59.8. The third kappa shape index (κ3) is 61.1. The number of allylic oxidation sites excluding steroid dienone is 16. The molecule has 1 unspecified atom stereocenters. The van der Waals surface area contributed by atoms with Gasteiger partial charge in [0.1, 0.15) is 13.2 Å². The van der Waals surface area contributed by atoms with Crippen molar-refractivity contribution >= 4 is 17.9 Å². The largest absolute Gasteiger partial charge is 0.462 e. The summed E-state index contributed by atoms with van der Waals surface area (Å²) in [6.07, 6.45) is 84.2. The number of esters is 3. The molecule has 0 bridgehead atoms. The highest BCUT2D eigenvalue weighted by atomic mass is 16.6. The van der Waals surface area contributed by atoms with Crippen LogP contribution in [0.4, 0.5) is 0 Å². The smallest absolute Gasteiger partial charge is 0.306 e. The number of hydrogen-bond acceptors (Lipinski definition) is 6. The Hall–Kier alpha value is -3.67. The van der Waals surface area contributed by atoms with Gasteiger partial charge in [0, 0.05) is 19.3 Å². The molecule has 0 radical (unpaired) electrons. The molecule has 0 aliphatic heterocycles. The van der Waals surface area contributed by atoms with Crippen LogP contribution in [-0.2, 0) is 28.6 Å². The van der Waals surface area contributed by atoms with Crippen LogP contribution in [0.25, 0.3) is 0 Å². The lowest BCUT2D eigenvalue weighted by Gasteiger charge is -2.18. The summed E-state index contributed by atoms with van der Waals surface area (Å²) in [6, 6.07) is 0. The maximum Gasteiger partial charge on any atom is 0.306 e. The molecule has 75 heavy (non-hydrogen) atoms. The predicted octanol–water partition coefficient (Wildman–Crippen LogP) is 21.7. The fraction of sp³-hybridized carbons (Fsp3) is 0.725. The predicted molar refractivity (Wildman–Crippen MR) is 325 cm³/mol. The first-order chi connectivity index (χ1) is 37.0. The standard InChI is InChI=1S/C69H118O6/c1-4-7-10-13-16-19-22-25-28-31-32-33-34-35-36-39-41-44-47-50-53-56-59-62-68(71)74-65-66(75-69(72)63-60-57-54-51-48-45-42-38-30-27-24-21-18-15-12-9-6-3)64-73-67(70)61-58-55-52-49-46-43-40-37-29-26-23-20-17-14-11-8-5-2/h9,12,17-18,20-21,26-27,29-32,42,45,51,54,66H,4-8,10-11,13-16,19,22-25,28,33-41,43-44,46-50,52-53,55-65H2,1-3H3/b12-9-,20-17-,21-18-,29-26-,30-27-,32-31-,45-42-,54-51-. The molecular formula is C69H118O6. The minimum absolute atomic E-state index is 0.103. The lowest BCUT2D eigenvalue weighted by Crippen LogP contribution is -2.30. The third-order valence-electron chi connectivity index (χ3n) is 13.5. The van der Waals surface area contributed by atoms with E-state index < -0.39 is 6.10 Å². The van der Waals surface area contributed by atoms with Gasteiger partial charge in [0.25, 0.3) is 0 Å². The summed E-state index contributed by atoms with van der Waals surface area (Å²) < 4.78 is 16.9. The lowest BCUT2D eigenvalue weighted by atomic mass is 10.0. The maximum absolute atomic E-state index is 12.9. The van der Waals surface area contributed by atoms with E-state index in [1.807, 2.05) is 0 Å². The Morgan fingerprint density at radius 1 is 0.280 bits per heavy atom. The summed E-state index contributed by atoms with van der Waals surface area (Å²) in [5.41, 5.74) is 0. The van der Waals surface area contributed by atoms with Gasteiger partial charge in [0.2, 0.25) is 0 Å². The van der Waals surface area contributed by atoms with Crippen molar-refractivity contribution in [3.8, 4) is 0 Å². The van der Waals surface area contributed by atoms with Gasteiger partial charge in [-0.25, -0.2) is 0 Å². The molecule has 0 heterocycles. The Labute approximate surface area is 464 Å². The van der Waals surface area contributed by atoms with Gasteiger partial charge in [-0.1, -0.05) is 266 Å². The SMILES string of the molecule is CC/C=C\C/C=C\C/C=C\C/C=C\C/C=C\CCCC(=O)OC(COC(=O)CCCCCCCCC/C=C\C/C=C\CCCCC)COC(=O)CCCCCCCCCCCCC/C=C\CCCCCCCCCC. The van der Waals surface area contributed by atoms with Crippen molar-refractivity contribution in [3.05, 3.63) is 97.2 Å². The second kappa shape index (κ2) is 62.9. The van der Waals surface area contributed by atoms with Crippen LogP contribution in [0.1, 0.15) is 303 Å². The Morgan fingerprint density at radius 2 is 0.533 bits per heavy atom. The van der Waals surface area contributed by atoms with E-state index in [9.17, 15) is 14.4 Å². The summed E-state index contributed by atoms with van der Waals surface area (Å²) in [5, 5.41) is 0. The highest BCUT2D eigenvalue weighted by Crippen LogP contribution is 2.16. The molecule has 0 aromatic heterocycles. The van der Waals surface area contributed by atoms with Crippen LogP contribution in [0.3, 0.4) is 0 Å². The highest BCUT2D eigenvalue weighted by molar-refractivity contribution is 5.71. The molecule has 430 valence electrons. The van der Waals surface area contributed by atoms with Gasteiger partial charge < -0.3 is 14.2 Å². The van der Waals surface area contributed by atoms with Gasteiger partial charge >= 0.3 is 17.9 Å². The van der Waals surface area contributed by atoms with Crippen LogP contribution < -0.4 is 0 Å². The van der Waals surface area contributed by atoms with Crippen LogP contribution in [-0.4, -0.2) is 37.2 Å². The zero-order chi connectivity index (χ0) is 54.3. The summed E-state index contributed by atoms with van der Waals surface area (Å²) in [5.74, 6) is -0.962. The molecule has 0 aromatic rings. The van der Waals surface area contributed by atoms with Gasteiger partial charge in [-0.2, -0.15) is 0 Å². The van der Waals surface area contributed by atoms with Crippen molar-refractivity contribution in [3.63, 3.8) is 0 Å². The van der Waals surface area contributed by atoms with Gasteiger partial charge in [0.05, 0.1) is 0 Å². The summed E-state index contributed by atoms with van der Waals surface area (Å²) in [7, 11) is 0. The molecule has 0 aliphatic rings. The van der Waals surface area contributed by atoms with Crippen molar-refractivity contribution in [2.75, 3.05) is 13.2 Å². The normalized spacial score (nSPS) is 12.7. The van der Waals surface area contributed by atoms with Gasteiger partial charge in [-0.05, 0) is 116 Å². The molecule has 0 rings (SSSR count). The van der Waals surface area contributed by atoms with E-state index in [0.29, 0.717) is 19.3 Å². The van der Waals surface area contributed by atoms with Crippen LogP contribution in [0.15, 0.2) is 97.2 Å². The van der Waals surface area contributed by atoms with Gasteiger partial charge in [-0.3, -0.25) is 14.4 Å². The van der Waals surface area contributed by atoms with E-state index in [2.05, 4.69) is 118 Å². The lowest BCUT2D eigenvalue weighted by molar-refractivity contribution is -0.167. The zero-order valence-electron chi connectivity index (χ0n) is 49.3. The molecule has 0 N–H and O–H groups in total. The topological polar surface area (TPSA) is 78.9 Å². The number of unbranched alkanes of at least 4 members (excludes halogenated alkanes) is 30. The van der Waals surface area contributed by atoms with E-state index in [1.165, 1.54) is 167 Å². The monoisotopic (exact) mass is 1040 g/mol. The quantitative estimate of drug-likeness (QED) is 0.0261. The van der Waals surface area contributed by atoms with Crippen LogP contribution in [0.2, 0.25) is 0 Å². The molecule has 0 aromatic carbocycles. The summed E-state index contributed by atoms with van der Waals surface area (Å²) in [4.78, 5) is 38.3. The van der Waals surface area contributed by atoms with Crippen molar-refractivity contribution < 1.29 is 28.6 Å². The molecule has 0 spiro atoms. The average molecular weight is 1040 g/mol. The van der Waals surface area contributed by atoms with E-state index in [0.717, 1.165) is 89.9 Å². The molecule has 0 amide bonds. The molecule has 0 saturated carbocycles. The molecule has 6 nitrogen and oxygen atoms in total. The van der Waals surface area contributed by atoms with Gasteiger partial charge in [-0.15, -0.1) is 0 Å². The number of carbonyl (C=O) groups excluding carboxylic acids is 3. The second-order valence-corrected chi connectivity index (χ2v) is 20.9. The molecule has 6 heteroatoms. The number of ether oxygens (including phenoxy) is 3. The Bertz CT molecular complexity index is 1480. The van der Waals surface area contributed by atoms with Crippen molar-refractivity contribution in [1.29, 1.82) is 0 Å². The minimum atomic E-state index is -0.813. The van der Waals surface area contributed by atoms with Crippen molar-refractivity contribution in [1.82, 2.24) is 0 Å². The van der Waals surface area contributed by atoms with E-state index >= 15 is 0 Å². The summed E-state index contributed by atoms with van der Waals surface area (Å²) in [6.45, 7) is 6.47. The second-order valence-electron chi connectivity index (χ2n) is 20.9. The van der Waals surface area contributed by atoms with E-state index in [-0.39, 0.29) is 37.5 Å². The first kappa shape index (κ1) is 71.3. The Balaban J connectivity index is 4.42. The molecular weight excluding hydrogens is 925 g/mol. The minimum Gasteiger partial charge on any atom is -0.462 e. The number of hydrogen-bond donors (Lipinski definition) is 0. The highest BCUT2D eigenvalue weighted by Gasteiger charge is 2.19. The molecule has 1 atom stereocenters. The number of carbonyl (C=O) groups is 3. The van der Waals surface area contributed by atoms with E-state index in [4.69, 9.17) is 14.2 Å². The van der Waals surface area contributed by atoms with Crippen molar-refractivity contribution in [2.24, 2.45) is 0 Å². The summed E-state index contributed by atoms with van der Waals surface area (Å²) >= 11 is 0. The fourth-order valence-corrected chi connectivity index (χ4v) is 8.80. The van der Waals surface area contributed by atoms with Gasteiger partial charge in [0.15, 0.2) is 6.10 Å². The zero-order valence-corrected chi connectivity index (χ0v) is 49.3. The average Bonchev–Trinajstić information content (AvgIpc) is 3.41. The van der Waals surface area contributed by atoms with Crippen LogP contribution in [0, 0.1) is 0 Å². The Morgan fingerprint density at radius 3 is 0.893 bits per heavy atom. The number of rotatable bonds is 57. The van der Waals surface area contributed by atoms with E-state index in [1.54, 1.807) is 0 Å². The van der Waals surface area contributed by atoms with Crippen LogP contribution >= 0.6 is 0 Å². The molecule has 0 aliphatic carbocycles. The van der Waals surface area contributed by atoms with Crippen molar-refractivity contribution in [2.45, 2.75) is 309 Å². The molecule has 0 fully saturated rings. The third-order valence-corrected chi connectivity index (χ3v) is 13.5. The molecule has 0 saturated heterocycles. The first-order valence-electron chi connectivity index (χ1n) is 31.7. The fourth-order valence-electron chi connectivity index (χ4n) is 8.80.